The van der Waals surface area contributed by atoms with Crippen LogP contribution in [0.3, 0.4) is 0 Å². The number of allylic oxidation sites excluding steroid dienone is 1. The van der Waals surface area contributed by atoms with Gasteiger partial charge in [-0.1, -0.05) is 48.5 Å². The molecule has 2 aliphatic heterocycles. The van der Waals surface area contributed by atoms with Gasteiger partial charge in [0.25, 0.3) is 0 Å². The molecule has 0 radical (unpaired) electrons. The minimum absolute atomic E-state index is 0.235. The highest BCUT2D eigenvalue weighted by molar-refractivity contribution is 6.26. The lowest BCUT2D eigenvalue weighted by molar-refractivity contribution is -0.131. The fourth-order valence-electron chi connectivity index (χ4n) is 2.57. The Bertz CT molecular complexity index is 860. The monoisotopic (exact) mass is 290 g/mol. The van der Waals surface area contributed by atoms with Crippen molar-refractivity contribution in [3.05, 3.63) is 77.6 Å². The first-order chi connectivity index (χ1) is 10.7. The molecule has 0 amide bonds. The topological polar surface area (TPSA) is 52.6 Å². The lowest BCUT2D eigenvalue weighted by Gasteiger charge is -2.00. The van der Waals surface area contributed by atoms with Crippen molar-refractivity contribution in [1.82, 2.24) is 0 Å². The summed E-state index contributed by atoms with van der Waals surface area (Å²) in [7, 11) is 0. The maximum absolute atomic E-state index is 12.1. The molecule has 2 aliphatic rings. The standard InChI is InChI=1S/C18H10O4/c19-17-13(11-6-2-1-3-7-11)10-15(22-17)16-12-8-4-5-9-14(12)21-18(16)20/h1-10H/b16-15+. The SMILES string of the molecule is O=C1O/C(=C2/C(=O)Oc3ccccc32)C=C1c1ccccc1. The van der Waals surface area contributed by atoms with E-state index in [-0.39, 0.29) is 11.3 Å². The first kappa shape index (κ1) is 12.6. The number of benzene rings is 2. The van der Waals surface area contributed by atoms with Crippen molar-refractivity contribution < 1.29 is 19.1 Å². The molecule has 0 N–H and O–H groups in total. The van der Waals surface area contributed by atoms with E-state index in [1.165, 1.54) is 0 Å². The van der Waals surface area contributed by atoms with Crippen LogP contribution in [0.5, 0.6) is 5.75 Å². The summed E-state index contributed by atoms with van der Waals surface area (Å²) in [6.07, 6.45) is 1.59. The van der Waals surface area contributed by atoms with E-state index >= 15 is 0 Å². The third kappa shape index (κ3) is 1.85. The zero-order valence-corrected chi connectivity index (χ0v) is 11.4. The molecule has 4 heteroatoms. The summed E-state index contributed by atoms with van der Waals surface area (Å²) in [4.78, 5) is 24.2. The third-order valence-corrected chi connectivity index (χ3v) is 3.59. The van der Waals surface area contributed by atoms with Crippen molar-refractivity contribution >= 4 is 23.1 Å². The second-order valence-electron chi connectivity index (χ2n) is 4.94. The van der Waals surface area contributed by atoms with E-state index in [0.29, 0.717) is 16.9 Å². The number of carbonyl (C=O) groups is 2. The van der Waals surface area contributed by atoms with Crippen molar-refractivity contribution in [1.29, 1.82) is 0 Å². The van der Waals surface area contributed by atoms with Gasteiger partial charge in [-0.05, 0) is 17.7 Å². The Balaban J connectivity index is 1.86. The molecule has 2 aromatic carbocycles. The molecule has 0 aromatic heterocycles. The van der Waals surface area contributed by atoms with E-state index in [0.717, 1.165) is 5.56 Å². The lowest BCUT2D eigenvalue weighted by atomic mass is 10.0. The van der Waals surface area contributed by atoms with Crippen LogP contribution in [0, 0.1) is 0 Å². The van der Waals surface area contributed by atoms with Crippen LogP contribution in [0.1, 0.15) is 11.1 Å². The summed E-state index contributed by atoms with van der Waals surface area (Å²) in [5, 5.41) is 0. The maximum Gasteiger partial charge on any atom is 0.348 e. The predicted molar refractivity (Wildman–Crippen MR) is 79.5 cm³/mol. The molecule has 22 heavy (non-hydrogen) atoms. The highest BCUT2D eigenvalue weighted by atomic mass is 16.6. The van der Waals surface area contributed by atoms with Gasteiger partial charge < -0.3 is 9.47 Å². The van der Waals surface area contributed by atoms with Crippen molar-refractivity contribution in [3.8, 4) is 5.75 Å². The van der Waals surface area contributed by atoms with Crippen LogP contribution in [-0.4, -0.2) is 11.9 Å². The summed E-state index contributed by atoms with van der Waals surface area (Å²) in [5.41, 5.74) is 2.11. The molecule has 0 saturated carbocycles. The largest absolute Gasteiger partial charge is 0.422 e. The average Bonchev–Trinajstić information content (AvgIpc) is 3.07. The zero-order chi connectivity index (χ0) is 15.1. The Hall–Kier alpha value is -3.14. The highest BCUT2D eigenvalue weighted by Crippen LogP contribution is 2.39. The van der Waals surface area contributed by atoms with E-state index in [2.05, 4.69) is 0 Å². The molecule has 0 atom stereocenters. The normalized spacial score (nSPS) is 19.5. The Morgan fingerprint density at radius 3 is 2.27 bits per heavy atom. The molecule has 0 fully saturated rings. The highest BCUT2D eigenvalue weighted by Gasteiger charge is 2.34. The van der Waals surface area contributed by atoms with Crippen LogP contribution in [0.2, 0.25) is 0 Å². The molecule has 4 rings (SSSR count). The fraction of sp³-hybridized carbons (Fsp3) is 0. The third-order valence-electron chi connectivity index (χ3n) is 3.59. The number of para-hydroxylation sites is 1. The summed E-state index contributed by atoms with van der Waals surface area (Å²) in [6, 6.07) is 16.3. The zero-order valence-electron chi connectivity index (χ0n) is 11.4. The molecule has 0 bridgehead atoms. The number of fused-ring (bicyclic) bond motifs is 1. The van der Waals surface area contributed by atoms with Crippen LogP contribution in [-0.2, 0) is 14.3 Å². The number of rotatable bonds is 1. The van der Waals surface area contributed by atoms with Crippen molar-refractivity contribution in [2.75, 3.05) is 0 Å². The molecule has 2 heterocycles. The van der Waals surface area contributed by atoms with Crippen LogP contribution >= 0.6 is 0 Å². The van der Waals surface area contributed by atoms with E-state index in [1.807, 2.05) is 30.3 Å². The molecule has 106 valence electrons. The van der Waals surface area contributed by atoms with Crippen molar-refractivity contribution in [3.63, 3.8) is 0 Å². The van der Waals surface area contributed by atoms with Gasteiger partial charge in [0, 0.05) is 5.56 Å². The number of esters is 2. The van der Waals surface area contributed by atoms with Gasteiger partial charge in [-0.25, -0.2) is 9.59 Å². The first-order valence-electron chi connectivity index (χ1n) is 6.79. The van der Waals surface area contributed by atoms with E-state index in [9.17, 15) is 9.59 Å². The minimum atomic E-state index is -0.505. The van der Waals surface area contributed by atoms with Gasteiger partial charge in [-0.15, -0.1) is 0 Å². The van der Waals surface area contributed by atoms with Crippen molar-refractivity contribution in [2.24, 2.45) is 0 Å². The van der Waals surface area contributed by atoms with Gasteiger partial charge in [0.05, 0.1) is 5.57 Å². The second-order valence-corrected chi connectivity index (χ2v) is 4.94. The molecule has 0 spiro atoms. The summed E-state index contributed by atoms with van der Waals surface area (Å²) >= 11 is 0. The number of carbonyl (C=O) groups excluding carboxylic acids is 2. The molecular formula is C18H10O4. The van der Waals surface area contributed by atoms with E-state index < -0.39 is 11.9 Å². The Kier molecular flexibility index (Phi) is 2.69. The second kappa shape index (κ2) is 4.70. The molecule has 0 unspecified atom stereocenters. The Labute approximate surface area is 126 Å². The van der Waals surface area contributed by atoms with Crippen molar-refractivity contribution in [2.45, 2.75) is 0 Å². The molecular weight excluding hydrogens is 280 g/mol. The van der Waals surface area contributed by atoms with Gasteiger partial charge in [-0.2, -0.15) is 0 Å². The Morgan fingerprint density at radius 2 is 1.45 bits per heavy atom. The predicted octanol–water partition coefficient (Wildman–Crippen LogP) is 2.96. The molecule has 2 aromatic rings. The quantitative estimate of drug-likeness (QED) is 0.460. The van der Waals surface area contributed by atoms with Crippen LogP contribution < -0.4 is 4.74 Å². The smallest absolute Gasteiger partial charge is 0.348 e. The molecule has 4 nitrogen and oxygen atoms in total. The van der Waals surface area contributed by atoms with Gasteiger partial charge in [0.2, 0.25) is 0 Å². The van der Waals surface area contributed by atoms with Gasteiger partial charge >= 0.3 is 11.9 Å². The average molecular weight is 290 g/mol. The van der Waals surface area contributed by atoms with E-state index in [1.54, 1.807) is 30.3 Å². The van der Waals surface area contributed by atoms with Crippen LogP contribution in [0.15, 0.2) is 66.4 Å². The molecule has 0 saturated heterocycles. The van der Waals surface area contributed by atoms with Gasteiger partial charge in [0.1, 0.15) is 17.1 Å². The summed E-state index contributed by atoms with van der Waals surface area (Å²) < 4.78 is 10.5. The minimum Gasteiger partial charge on any atom is -0.422 e. The first-order valence-corrected chi connectivity index (χ1v) is 6.79. The van der Waals surface area contributed by atoms with E-state index in [4.69, 9.17) is 9.47 Å². The van der Waals surface area contributed by atoms with Gasteiger partial charge in [-0.3, -0.25) is 0 Å². The van der Waals surface area contributed by atoms with Crippen LogP contribution in [0.4, 0.5) is 0 Å². The lowest BCUT2D eigenvalue weighted by Crippen LogP contribution is -2.04. The number of hydrogen-bond acceptors (Lipinski definition) is 4. The fourth-order valence-corrected chi connectivity index (χ4v) is 2.57. The molecule has 0 aliphatic carbocycles. The summed E-state index contributed by atoms with van der Waals surface area (Å²) in [6.45, 7) is 0. The number of ether oxygens (including phenoxy) is 2. The van der Waals surface area contributed by atoms with Crippen LogP contribution in [0.25, 0.3) is 11.1 Å². The van der Waals surface area contributed by atoms with Gasteiger partial charge in [0.15, 0.2) is 0 Å². The number of cyclic esters (lactones) is 1. The maximum atomic E-state index is 12.1. The number of hydrogen-bond donors (Lipinski definition) is 0. The Morgan fingerprint density at radius 1 is 0.727 bits per heavy atom. The summed E-state index contributed by atoms with van der Waals surface area (Å²) in [5.74, 6) is -0.258.